The van der Waals surface area contributed by atoms with Crippen molar-refractivity contribution < 1.29 is 4.79 Å². The van der Waals surface area contributed by atoms with Crippen LogP contribution in [0.4, 0.5) is 5.13 Å². The molecule has 0 saturated carbocycles. The average Bonchev–Trinajstić information content (AvgIpc) is 3.31. The molecule has 0 atom stereocenters. The van der Waals surface area contributed by atoms with E-state index in [4.69, 9.17) is 0 Å². The van der Waals surface area contributed by atoms with Crippen molar-refractivity contribution in [3.63, 3.8) is 0 Å². The summed E-state index contributed by atoms with van der Waals surface area (Å²) in [5.74, 6) is 0.122. The number of fused-ring (bicyclic) bond motifs is 4. The summed E-state index contributed by atoms with van der Waals surface area (Å²) in [6.07, 6.45) is 0. The van der Waals surface area contributed by atoms with Gasteiger partial charge in [-0.2, -0.15) is 0 Å². The number of nitrogens with zero attached hydrogens (tertiary/aromatic N) is 4. The largest absolute Gasteiger partial charge is 0.301 e. The summed E-state index contributed by atoms with van der Waals surface area (Å²) in [5.41, 5.74) is 4.98. The first-order valence-corrected chi connectivity index (χ1v) is 10.9. The summed E-state index contributed by atoms with van der Waals surface area (Å²) < 4.78 is 3.09. The standard InChI is InChI=1S/C21H17N5OS2/c1-12-7-8-14-10-13(2)19-24-25-21(26(19)16(14)9-12)28-11-18(27)23-20-22-15-5-3-4-6-17(15)29-20/h3-10H,11H2,1-2H3,(H,22,23,27). The molecule has 0 aliphatic heterocycles. The van der Waals surface area contributed by atoms with Gasteiger partial charge < -0.3 is 5.32 Å². The van der Waals surface area contributed by atoms with Crippen molar-refractivity contribution in [1.29, 1.82) is 0 Å². The maximum Gasteiger partial charge on any atom is 0.236 e. The Morgan fingerprint density at radius 2 is 2.00 bits per heavy atom. The van der Waals surface area contributed by atoms with Crippen molar-refractivity contribution in [2.24, 2.45) is 0 Å². The lowest BCUT2D eigenvalue weighted by Gasteiger charge is -2.08. The van der Waals surface area contributed by atoms with E-state index in [1.165, 1.54) is 28.7 Å². The number of pyridine rings is 1. The lowest BCUT2D eigenvalue weighted by atomic mass is 10.1. The number of hydrogen-bond acceptors (Lipinski definition) is 6. The minimum Gasteiger partial charge on any atom is -0.301 e. The lowest BCUT2D eigenvalue weighted by Crippen LogP contribution is -2.14. The number of nitrogens with one attached hydrogen (secondary N) is 1. The van der Waals surface area contributed by atoms with Gasteiger partial charge in [-0.1, -0.05) is 47.4 Å². The molecule has 0 radical (unpaired) electrons. The van der Waals surface area contributed by atoms with Crippen LogP contribution >= 0.6 is 23.1 Å². The molecule has 3 aromatic heterocycles. The highest BCUT2D eigenvalue weighted by molar-refractivity contribution is 7.99. The van der Waals surface area contributed by atoms with E-state index in [2.05, 4.69) is 51.7 Å². The van der Waals surface area contributed by atoms with E-state index in [-0.39, 0.29) is 11.7 Å². The van der Waals surface area contributed by atoms with Gasteiger partial charge in [0, 0.05) is 0 Å². The number of carbonyl (C=O) groups is 1. The highest BCUT2D eigenvalue weighted by atomic mass is 32.2. The van der Waals surface area contributed by atoms with Crippen LogP contribution in [0.3, 0.4) is 0 Å². The Hall–Kier alpha value is -2.97. The second-order valence-corrected chi connectivity index (χ2v) is 8.83. The van der Waals surface area contributed by atoms with Crippen LogP contribution in [0.2, 0.25) is 0 Å². The monoisotopic (exact) mass is 419 g/mol. The van der Waals surface area contributed by atoms with E-state index in [0.717, 1.165) is 32.3 Å². The minimum atomic E-state index is -0.112. The van der Waals surface area contributed by atoms with Crippen molar-refractivity contribution in [2.75, 3.05) is 11.1 Å². The Bertz CT molecular complexity index is 1360. The summed E-state index contributed by atoms with van der Waals surface area (Å²) in [5, 5.41) is 14.0. The molecule has 0 bridgehead atoms. The molecule has 0 fully saturated rings. The molecule has 1 amide bonds. The third-order valence-corrected chi connectivity index (χ3v) is 6.54. The van der Waals surface area contributed by atoms with Crippen LogP contribution in [0.25, 0.3) is 26.8 Å². The Balaban J connectivity index is 1.40. The summed E-state index contributed by atoms with van der Waals surface area (Å²) in [4.78, 5) is 16.9. The van der Waals surface area contributed by atoms with E-state index in [0.29, 0.717) is 10.3 Å². The first kappa shape index (κ1) is 18.1. The molecular formula is C21H17N5OS2. The molecule has 144 valence electrons. The zero-order valence-electron chi connectivity index (χ0n) is 15.8. The van der Waals surface area contributed by atoms with Gasteiger partial charge in [0.1, 0.15) is 0 Å². The number of aromatic nitrogens is 4. The van der Waals surface area contributed by atoms with Gasteiger partial charge in [0.05, 0.1) is 21.5 Å². The van der Waals surface area contributed by atoms with Gasteiger partial charge in [0.2, 0.25) is 5.91 Å². The van der Waals surface area contributed by atoms with Crippen LogP contribution in [0.15, 0.2) is 53.7 Å². The molecule has 8 heteroatoms. The SMILES string of the molecule is Cc1ccc2cc(C)c3nnc(SCC(=O)Nc4nc5ccccc5s4)n3c2c1. The van der Waals surface area contributed by atoms with Gasteiger partial charge >= 0.3 is 0 Å². The number of thioether (sulfide) groups is 1. The fraction of sp³-hybridized carbons (Fsp3) is 0.143. The number of hydrogen-bond donors (Lipinski definition) is 1. The molecule has 0 aliphatic carbocycles. The van der Waals surface area contributed by atoms with Crippen LogP contribution in [0, 0.1) is 13.8 Å². The number of rotatable bonds is 4. The van der Waals surface area contributed by atoms with Crippen molar-refractivity contribution in [2.45, 2.75) is 19.0 Å². The van der Waals surface area contributed by atoms with Gasteiger partial charge in [0.25, 0.3) is 0 Å². The second kappa shape index (κ2) is 7.13. The van der Waals surface area contributed by atoms with Crippen LogP contribution in [0.1, 0.15) is 11.1 Å². The molecule has 5 aromatic rings. The number of anilines is 1. The minimum absolute atomic E-state index is 0.112. The molecule has 0 aliphatic rings. The zero-order valence-corrected chi connectivity index (χ0v) is 17.5. The molecule has 0 saturated heterocycles. The number of thiazole rings is 1. The van der Waals surface area contributed by atoms with E-state index in [1.54, 1.807) is 0 Å². The van der Waals surface area contributed by atoms with E-state index in [1.807, 2.05) is 35.6 Å². The third-order valence-electron chi connectivity index (χ3n) is 4.66. The van der Waals surface area contributed by atoms with Gasteiger partial charge in [-0.15, -0.1) is 10.2 Å². The normalized spacial score (nSPS) is 11.5. The first-order chi connectivity index (χ1) is 14.1. The molecule has 6 nitrogen and oxygen atoms in total. The zero-order chi connectivity index (χ0) is 20.0. The van der Waals surface area contributed by atoms with Crippen LogP contribution in [-0.4, -0.2) is 31.2 Å². The molecular weight excluding hydrogens is 402 g/mol. The Labute approximate surface area is 175 Å². The summed E-state index contributed by atoms with van der Waals surface area (Å²) in [7, 11) is 0. The van der Waals surface area contributed by atoms with Crippen molar-refractivity contribution >= 4 is 60.9 Å². The molecule has 2 aromatic carbocycles. The second-order valence-electron chi connectivity index (χ2n) is 6.85. The smallest absolute Gasteiger partial charge is 0.236 e. The van der Waals surface area contributed by atoms with Gasteiger partial charge in [-0.05, 0) is 54.6 Å². The third kappa shape index (κ3) is 3.34. The van der Waals surface area contributed by atoms with E-state index < -0.39 is 0 Å². The summed E-state index contributed by atoms with van der Waals surface area (Å²) in [6.45, 7) is 4.09. The molecule has 3 heterocycles. The number of benzene rings is 2. The van der Waals surface area contributed by atoms with Crippen LogP contribution in [0.5, 0.6) is 0 Å². The highest BCUT2D eigenvalue weighted by Gasteiger charge is 2.15. The summed E-state index contributed by atoms with van der Waals surface area (Å²) in [6, 6.07) is 16.3. The number of carbonyl (C=O) groups excluding carboxylic acids is 1. The predicted octanol–water partition coefficient (Wildman–Crippen LogP) is 4.84. The fourth-order valence-corrected chi connectivity index (χ4v) is 4.94. The quantitative estimate of drug-likeness (QED) is 0.422. The van der Waals surface area contributed by atoms with Gasteiger partial charge in [-0.3, -0.25) is 9.20 Å². The molecule has 29 heavy (non-hydrogen) atoms. The van der Waals surface area contributed by atoms with Crippen LogP contribution in [-0.2, 0) is 4.79 Å². The van der Waals surface area contributed by atoms with Crippen molar-refractivity contribution in [1.82, 2.24) is 19.6 Å². The van der Waals surface area contributed by atoms with Crippen molar-refractivity contribution in [3.05, 3.63) is 59.7 Å². The maximum atomic E-state index is 12.5. The molecule has 5 rings (SSSR count). The Morgan fingerprint density at radius 1 is 1.14 bits per heavy atom. The van der Waals surface area contributed by atoms with Gasteiger partial charge in [-0.25, -0.2) is 4.98 Å². The van der Waals surface area contributed by atoms with E-state index in [9.17, 15) is 4.79 Å². The molecule has 1 N–H and O–H groups in total. The van der Waals surface area contributed by atoms with E-state index >= 15 is 0 Å². The fourth-order valence-electron chi connectivity index (χ4n) is 3.31. The number of para-hydroxylation sites is 1. The van der Waals surface area contributed by atoms with Crippen molar-refractivity contribution in [3.8, 4) is 0 Å². The maximum absolute atomic E-state index is 12.5. The number of aryl methyl sites for hydroxylation is 2. The Morgan fingerprint density at radius 3 is 2.86 bits per heavy atom. The predicted molar refractivity (Wildman–Crippen MR) is 119 cm³/mol. The van der Waals surface area contributed by atoms with Gasteiger partial charge in [0.15, 0.2) is 15.9 Å². The lowest BCUT2D eigenvalue weighted by molar-refractivity contribution is -0.113. The van der Waals surface area contributed by atoms with Crippen LogP contribution < -0.4 is 5.32 Å². The molecule has 0 spiro atoms. The molecule has 0 unspecified atom stereocenters. The number of amides is 1. The average molecular weight is 420 g/mol. The topological polar surface area (TPSA) is 72.2 Å². The summed E-state index contributed by atoms with van der Waals surface area (Å²) >= 11 is 2.85. The first-order valence-electron chi connectivity index (χ1n) is 9.12. The highest BCUT2D eigenvalue weighted by Crippen LogP contribution is 2.28. The Kier molecular flexibility index (Phi) is 4.44.